The Morgan fingerprint density at radius 3 is 2.77 bits per heavy atom. The number of tetrazole rings is 1. The molecule has 4 rings (SSSR count). The fourth-order valence-electron chi connectivity index (χ4n) is 3.45. The highest BCUT2D eigenvalue weighted by atomic mass is 16.2. The number of benzene rings is 1. The van der Waals surface area contributed by atoms with Gasteiger partial charge in [-0.15, -0.1) is 5.10 Å². The molecule has 1 unspecified atom stereocenters. The normalized spacial score (nSPS) is 17.2. The molecular formula is C19H20N6O. The highest BCUT2D eigenvalue weighted by Crippen LogP contribution is 2.31. The summed E-state index contributed by atoms with van der Waals surface area (Å²) >= 11 is 0. The first-order valence-electron chi connectivity index (χ1n) is 8.82. The van der Waals surface area contributed by atoms with E-state index in [2.05, 4.69) is 26.6 Å². The monoisotopic (exact) mass is 348 g/mol. The van der Waals surface area contributed by atoms with Crippen LogP contribution in [-0.4, -0.2) is 42.5 Å². The number of carbonyl (C=O) groups excluding carboxylic acids is 1. The fourth-order valence-corrected chi connectivity index (χ4v) is 3.45. The van der Waals surface area contributed by atoms with Gasteiger partial charge in [0.25, 0.3) is 5.91 Å². The van der Waals surface area contributed by atoms with Crippen molar-refractivity contribution < 1.29 is 4.79 Å². The molecule has 7 heteroatoms. The lowest BCUT2D eigenvalue weighted by atomic mass is 9.95. The number of likely N-dealkylation sites (tertiary alicyclic amines) is 1. The van der Waals surface area contributed by atoms with Crippen LogP contribution in [0.3, 0.4) is 0 Å². The number of aromatic nitrogens is 5. The first kappa shape index (κ1) is 16.4. The van der Waals surface area contributed by atoms with Gasteiger partial charge in [0.2, 0.25) is 0 Å². The Morgan fingerprint density at radius 2 is 2.04 bits per heavy atom. The van der Waals surface area contributed by atoms with E-state index in [1.54, 1.807) is 17.2 Å². The van der Waals surface area contributed by atoms with E-state index in [0.717, 1.165) is 36.9 Å². The largest absolute Gasteiger partial charge is 0.332 e. The van der Waals surface area contributed by atoms with E-state index in [4.69, 9.17) is 0 Å². The van der Waals surface area contributed by atoms with Crippen molar-refractivity contribution in [2.24, 2.45) is 0 Å². The van der Waals surface area contributed by atoms with Crippen LogP contribution in [0.15, 0.2) is 55.1 Å². The minimum absolute atomic E-state index is 0.0764. The molecule has 1 aliphatic heterocycles. The number of pyridine rings is 1. The van der Waals surface area contributed by atoms with Gasteiger partial charge in [-0.1, -0.05) is 18.2 Å². The van der Waals surface area contributed by atoms with Gasteiger partial charge in [0.15, 0.2) is 0 Å². The van der Waals surface area contributed by atoms with Crippen molar-refractivity contribution in [1.82, 2.24) is 30.1 Å². The third-order valence-electron chi connectivity index (χ3n) is 4.77. The Morgan fingerprint density at radius 1 is 1.15 bits per heavy atom. The Hall–Kier alpha value is -3.09. The minimum atomic E-state index is 0.0764. The van der Waals surface area contributed by atoms with Crippen molar-refractivity contribution in [3.63, 3.8) is 0 Å². The van der Waals surface area contributed by atoms with Gasteiger partial charge in [0.1, 0.15) is 6.33 Å². The summed E-state index contributed by atoms with van der Waals surface area (Å²) in [5.41, 5.74) is 2.87. The SMILES string of the molecule is O=C(c1ccc(Cn2cnnn2)cc1)N1CCCCC1c1cccnc1. The highest BCUT2D eigenvalue weighted by Gasteiger charge is 2.28. The number of piperidine rings is 1. The Bertz CT molecular complexity index is 848. The van der Waals surface area contributed by atoms with Gasteiger partial charge >= 0.3 is 0 Å². The molecule has 1 fully saturated rings. The Kier molecular flexibility index (Phi) is 4.68. The Labute approximate surface area is 151 Å². The second-order valence-corrected chi connectivity index (χ2v) is 6.50. The lowest BCUT2D eigenvalue weighted by Crippen LogP contribution is -2.38. The quantitative estimate of drug-likeness (QED) is 0.724. The minimum Gasteiger partial charge on any atom is -0.332 e. The predicted molar refractivity (Wildman–Crippen MR) is 95.2 cm³/mol. The molecule has 0 saturated carbocycles. The molecule has 1 amide bonds. The summed E-state index contributed by atoms with van der Waals surface area (Å²) in [5.74, 6) is 0.0764. The fraction of sp³-hybridized carbons (Fsp3) is 0.316. The molecule has 1 atom stereocenters. The number of hydrogen-bond acceptors (Lipinski definition) is 5. The van der Waals surface area contributed by atoms with Crippen LogP contribution in [0.2, 0.25) is 0 Å². The van der Waals surface area contributed by atoms with Gasteiger partial charge in [0.05, 0.1) is 12.6 Å². The molecule has 26 heavy (non-hydrogen) atoms. The number of rotatable bonds is 4. The maximum absolute atomic E-state index is 13.1. The van der Waals surface area contributed by atoms with Crippen LogP contribution >= 0.6 is 0 Å². The topological polar surface area (TPSA) is 76.8 Å². The molecule has 1 saturated heterocycles. The van der Waals surface area contributed by atoms with Crippen LogP contribution in [0.1, 0.15) is 46.8 Å². The molecule has 0 N–H and O–H groups in total. The molecule has 0 aliphatic carbocycles. The van der Waals surface area contributed by atoms with Crippen molar-refractivity contribution in [3.8, 4) is 0 Å². The second kappa shape index (κ2) is 7.43. The van der Waals surface area contributed by atoms with E-state index in [1.165, 1.54) is 0 Å². The van der Waals surface area contributed by atoms with E-state index in [1.807, 2.05) is 41.4 Å². The predicted octanol–water partition coefficient (Wildman–Crippen LogP) is 2.48. The first-order chi connectivity index (χ1) is 12.8. The molecule has 3 heterocycles. The summed E-state index contributed by atoms with van der Waals surface area (Å²) in [6.07, 6.45) is 8.36. The zero-order chi connectivity index (χ0) is 17.8. The van der Waals surface area contributed by atoms with Crippen LogP contribution in [0, 0.1) is 0 Å². The zero-order valence-electron chi connectivity index (χ0n) is 14.4. The van der Waals surface area contributed by atoms with Crippen molar-refractivity contribution in [2.75, 3.05) is 6.54 Å². The van der Waals surface area contributed by atoms with Crippen LogP contribution in [-0.2, 0) is 6.54 Å². The molecule has 2 aromatic heterocycles. The van der Waals surface area contributed by atoms with Gasteiger partial charge in [-0.3, -0.25) is 9.78 Å². The zero-order valence-corrected chi connectivity index (χ0v) is 14.4. The van der Waals surface area contributed by atoms with Crippen LogP contribution < -0.4 is 0 Å². The van der Waals surface area contributed by atoms with Gasteiger partial charge in [-0.2, -0.15) is 0 Å². The third kappa shape index (κ3) is 3.46. The molecule has 0 bridgehead atoms. The van der Waals surface area contributed by atoms with Crippen molar-refractivity contribution in [3.05, 3.63) is 71.8 Å². The van der Waals surface area contributed by atoms with Crippen LogP contribution in [0.5, 0.6) is 0 Å². The number of amides is 1. The summed E-state index contributed by atoms with van der Waals surface area (Å²) in [6.45, 7) is 1.37. The van der Waals surface area contributed by atoms with Crippen molar-refractivity contribution in [1.29, 1.82) is 0 Å². The van der Waals surface area contributed by atoms with E-state index in [9.17, 15) is 4.79 Å². The van der Waals surface area contributed by atoms with E-state index < -0.39 is 0 Å². The lowest BCUT2D eigenvalue weighted by Gasteiger charge is -2.36. The third-order valence-corrected chi connectivity index (χ3v) is 4.77. The van der Waals surface area contributed by atoms with Crippen molar-refractivity contribution in [2.45, 2.75) is 31.8 Å². The van der Waals surface area contributed by atoms with Gasteiger partial charge < -0.3 is 4.90 Å². The molecule has 0 radical (unpaired) electrons. The Balaban J connectivity index is 1.52. The summed E-state index contributed by atoms with van der Waals surface area (Å²) in [5, 5.41) is 11.1. The first-order valence-corrected chi connectivity index (χ1v) is 8.82. The molecule has 0 spiro atoms. The van der Waals surface area contributed by atoms with Gasteiger partial charge in [0, 0.05) is 24.5 Å². The number of carbonyl (C=O) groups is 1. The molecule has 1 aliphatic rings. The smallest absolute Gasteiger partial charge is 0.254 e. The van der Waals surface area contributed by atoms with Gasteiger partial charge in [-0.05, 0) is 59.0 Å². The summed E-state index contributed by atoms with van der Waals surface area (Å²) in [7, 11) is 0. The molecular weight excluding hydrogens is 328 g/mol. The van der Waals surface area contributed by atoms with E-state index >= 15 is 0 Å². The van der Waals surface area contributed by atoms with E-state index in [-0.39, 0.29) is 11.9 Å². The molecule has 7 nitrogen and oxygen atoms in total. The maximum Gasteiger partial charge on any atom is 0.254 e. The van der Waals surface area contributed by atoms with E-state index in [0.29, 0.717) is 12.1 Å². The molecule has 3 aromatic rings. The van der Waals surface area contributed by atoms with Crippen molar-refractivity contribution >= 4 is 5.91 Å². The summed E-state index contributed by atoms with van der Waals surface area (Å²) < 4.78 is 1.65. The maximum atomic E-state index is 13.1. The lowest BCUT2D eigenvalue weighted by molar-refractivity contribution is 0.0611. The average Bonchev–Trinajstić information content (AvgIpc) is 3.22. The standard InChI is InChI=1S/C19H20N6O/c26-19(16-8-6-15(7-9-16)13-24-14-21-22-23-24)25-11-2-1-5-18(25)17-4-3-10-20-12-17/h3-4,6-10,12,14,18H,1-2,5,11,13H2. The van der Waals surface area contributed by atoms with Crippen LogP contribution in [0.25, 0.3) is 0 Å². The summed E-state index contributed by atoms with van der Waals surface area (Å²) in [4.78, 5) is 19.3. The second-order valence-electron chi connectivity index (χ2n) is 6.50. The highest BCUT2D eigenvalue weighted by molar-refractivity contribution is 5.94. The average molecular weight is 348 g/mol. The summed E-state index contributed by atoms with van der Waals surface area (Å²) in [6, 6.07) is 11.8. The van der Waals surface area contributed by atoms with Crippen LogP contribution in [0.4, 0.5) is 0 Å². The number of hydrogen-bond donors (Lipinski definition) is 0. The molecule has 132 valence electrons. The van der Waals surface area contributed by atoms with Gasteiger partial charge in [-0.25, -0.2) is 4.68 Å². The number of nitrogens with zero attached hydrogens (tertiary/aromatic N) is 6. The molecule has 1 aromatic carbocycles.